The summed E-state index contributed by atoms with van der Waals surface area (Å²) in [6.45, 7) is 5.05. The van der Waals surface area contributed by atoms with E-state index >= 15 is 0 Å². The molecule has 0 rings (SSSR count). The van der Waals surface area contributed by atoms with E-state index in [9.17, 15) is 4.79 Å². The molecule has 0 spiro atoms. The highest BCUT2D eigenvalue weighted by molar-refractivity contribution is 9.10. The molecule has 0 radical (unpaired) electrons. The van der Waals surface area contributed by atoms with Crippen molar-refractivity contribution in [2.24, 2.45) is 0 Å². The van der Waals surface area contributed by atoms with E-state index in [4.69, 9.17) is 18.9 Å². The number of rotatable bonds is 9. The van der Waals surface area contributed by atoms with Gasteiger partial charge in [0.1, 0.15) is 11.4 Å². The van der Waals surface area contributed by atoms with Crippen LogP contribution in [0.15, 0.2) is 0 Å². The Hall–Kier alpha value is -0.170. The number of hydrogen-bond acceptors (Lipinski definition) is 5. The first-order valence-corrected chi connectivity index (χ1v) is 6.06. The second-order valence-corrected chi connectivity index (χ2v) is 4.35. The molecule has 0 heterocycles. The van der Waals surface area contributed by atoms with Crippen molar-refractivity contribution in [1.29, 1.82) is 0 Å². The van der Waals surface area contributed by atoms with Crippen molar-refractivity contribution in [2.45, 2.75) is 25.0 Å². The molecule has 0 aliphatic carbocycles. The summed E-state index contributed by atoms with van der Waals surface area (Å²) >= 11 is 3.11. The first-order valence-electron chi connectivity index (χ1n) is 5.14. The SMILES string of the molecule is CCOC(COCCOC(=O)C(C)Br)OC. The maximum atomic E-state index is 11.0. The van der Waals surface area contributed by atoms with Gasteiger partial charge in [0.05, 0.1) is 13.2 Å². The van der Waals surface area contributed by atoms with E-state index in [-0.39, 0.29) is 23.7 Å². The van der Waals surface area contributed by atoms with E-state index < -0.39 is 0 Å². The zero-order chi connectivity index (χ0) is 12.4. The minimum Gasteiger partial charge on any atom is -0.462 e. The first kappa shape index (κ1) is 15.8. The maximum absolute atomic E-state index is 11.0. The lowest BCUT2D eigenvalue weighted by Crippen LogP contribution is -2.24. The molecule has 0 aromatic carbocycles. The maximum Gasteiger partial charge on any atom is 0.319 e. The van der Waals surface area contributed by atoms with Gasteiger partial charge >= 0.3 is 5.97 Å². The summed E-state index contributed by atoms with van der Waals surface area (Å²) < 4.78 is 20.3. The van der Waals surface area contributed by atoms with Crippen LogP contribution in [0.25, 0.3) is 0 Å². The third kappa shape index (κ3) is 8.04. The summed E-state index contributed by atoms with van der Waals surface area (Å²) in [6, 6.07) is 0. The first-order chi connectivity index (χ1) is 7.61. The van der Waals surface area contributed by atoms with Gasteiger partial charge in [-0.2, -0.15) is 0 Å². The van der Waals surface area contributed by atoms with Crippen molar-refractivity contribution in [1.82, 2.24) is 0 Å². The van der Waals surface area contributed by atoms with Crippen molar-refractivity contribution in [2.75, 3.05) is 33.5 Å². The summed E-state index contributed by atoms with van der Waals surface area (Å²) in [5.74, 6) is -0.295. The lowest BCUT2D eigenvalue weighted by molar-refractivity contribution is -0.160. The zero-order valence-electron chi connectivity index (χ0n) is 9.90. The van der Waals surface area contributed by atoms with E-state index in [1.165, 1.54) is 0 Å². The van der Waals surface area contributed by atoms with Gasteiger partial charge in [-0.25, -0.2) is 0 Å². The van der Waals surface area contributed by atoms with Crippen LogP contribution in [-0.2, 0) is 23.7 Å². The van der Waals surface area contributed by atoms with Gasteiger partial charge in [-0.3, -0.25) is 4.79 Å². The molecule has 0 amide bonds. The lowest BCUT2D eigenvalue weighted by atomic mass is 10.5. The smallest absolute Gasteiger partial charge is 0.319 e. The Bertz CT molecular complexity index is 186. The molecule has 2 unspecified atom stereocenters. The highest BCUT2D eigenvalue weighted by atomic mass is 79.9. The molecular formula is C10H19BrO5. The molecule has 0 saturated heterocycles. The summed E-state index contributed by atoms with van der Waals surface area (Å²) in [7, 11) is 1.55. The third-order valence-electron chi connectivity index (χ3n) is 1.67. The summed E-state index contributed by atoms with van der Waals surface area (Å²) in [5.41, 5.74) is 0. The highest BCUT2D eigenvalue weighted by Crippen LogP contribution is 2.00. The third-order valence-corrected chi connectivity index (χ3v) is 2.04. The molecule has 0 fully saturated rings. The number of halogens is 1. The molecule has 0 aliphatic rings. The van der Waals surface area contributed by atoms with Gasteiger partial charge in [-0.1, -0.05) is 15.9 Å². The number of esters is 1. The fourth-order valence-corrected chi connectivity index (χ4v) is 0.998. The van der Waals surface area contributed by atoms with Gasteiger partial charge in [0.25, 0.3) is 0 Å². The van der Waals surface area contributed by atoms with Gasteiger partial charge in [0.2, 0.25) is 0 Å². The molecular weight excluding hydrogens is 280 g/mol. The average Bonchev–Trinajstić information content (AvgIpc) is 2.26. The van der Waals surface area contributed by atoms with E-state index in [0.717, 1.165) is 0 Å². The number of ether oxygens (including phenoxy) is 4. The molecule has 0 aromatic rings. The van der Waals surface area contributed by atoms with Crippen LogP contribution in [0, 0.1) is 0 Å². The van der Waals surface area contributed by atoms with Gasteiger partial charge < -0.3 is 18.9 Å². The predicted molar refractivity (Wildman–Crippen MR) is 62.6 cm³/mol. The van der Waals surface area contributed by atoms with Crippen LogP contribution in [0.1, 0.15) is 13.8 Å². The van der Waals surface area contributed by atoms with Gasteiger partial charge in [0.15, 0.2) is 6.29 Å². The summed E-state index contributed by atoms with van der Waals surface area (Å²) in [4.78, 5) is 10.7. The number of hydrogen-bond donors (Lipinski definition) is 0. The van der Waals surface area contributed by atoms with Crippen molar-refractivity contribution in [3.63, 3.8) is 0 Å². The number of alkyl halides is 1. The van der Waals surface area contributed by atoms with Gasteiger partial charge in [0, 0.05) is 13.7 Å². The van der Waals surface area contributed by atoms with E-state index in [0.29, 0.717) is 19.8 Å². The Balaban J connectivity index is 3.41. The summed E-state index contributed by atoms with van der Waals surface area (Å²) in [5, 5.41) is 0. The molecule has 0 saturated carbocycles. The van der Waals surface area contributed by atoms with E-state index in [1.807, 2.05) is 6.92 Å². The van der Waals surface area contributed by atoms with Crippen molar-refractivity contribution >= 4 is 21.9 Å². The number of carbonyl (C=O) groups excluding carboxylic acids is 1. The molecule has 0 N–H and O–H groups in total. The Morgan fingerprint density at radius 1 is 1.38 bits per heavy atom. The van der Waals surface area contributed by atoms with Crippen LogP contribution in [0.5, 0.6) is 0 Å². The molecule has 16 heavy (non-hydrogen) atoms. The van der Waals surface area contributed by atoms with E-state index in [2.05, 4.69) is 15.9 Å². The second kappa shape index (κ2) is 10.0. The second-order valence-electron chi connectivity index (χ2n) is 2.98. The van der Waals surface area contributed by atoms with Crippen LogP contribution in [0.4, 0.5) is 0 Å². The Kier molecular flexibility index (Phi) is 9.91. The lowest BCUT2D eigenvalue weighted by Gasteiger charge is -2.15. The Morgan fingerprint density at radius 3 is 2.56 bits per heavy atom. The van der Waals surface area contributed by atoms with Crippen LogP contribution < -0.4 is 0 Å². The molecule has 2 atom stereocenters. The van der Waals surface area contributed by atoms with Crippen LogP contribution in [-0.4, -0.2) is 50.6 Å². The van der Waals surface area contributed by atoms with Crippen molar-refractivity contribution < 1.29 is 23.7 Å². The van der Waals surface area contributed by atoms with Crippen LogP contribution >= 0.6 is 15.9 Å². The molecule has 0 aliphatic heterocycles. The fraction of sp³-hybridized carbons (Fsp3) is 0.900. The summed E-state index contributed by atoms with van der Waals surface area (Å²) in [6.07, 6.45) is -0.365. The minimum atomic E-state index is -0.365. The van der Waals surface area contributed by atoms with Crippen molar-refractivity contribution in [3.05, 3.63) is 0 Å². The molecule has 0 bridgehead atoms. The van der Waals surface area contributed by atoms with Crippen LogP contribution in [0.3, 0.4) is 0 Å². The predicted octanol–water partition coefficient (Wildman–Crippen LogP) is 1.34. The number of carbonyl (C=O) groups is 1. The Morgan fingerprint density at radius 2 is 2.06 bits per heavy atom. The Labute approximate surface area is 105 Å². The zero-order valence-corrected chi connectivity index (χ0v) is 11.5. The quantitative estimate of drug-likeness (QED) is 0.278. The molecule has 0 aromatic heterocycles. The highest BCUT2D eigenvalue weighted by Gasteiger charge is 2.10. The monoisotopic (exact) mass is 298 g/mol. The van der Waals surface area contributed by atoms with Crippen molar-refractivity contribution in [3.8, 4) is 0 Å². The average molecular weight is 299 g/mol. The van der Waals surface area contributed by atoms with Crippen LogP contribution in [0.2, 0.25) is 0 Å². The van der Waals surface area contributed by atoms with Gasteiger partial charge in [-0.15, -0.1) is 0 Å². The standard InChI is InChI=1S/C10H19BrO5/c1-4-15-9(13-3)7-14-5-6-16-10(12)8(2)11/h8-9H,4-7H2,1-3H3. The van der Waals surface area contributed by atoms with Gasteiger partial charge in [-0.05, 0) is 13.8 Å². The minimum absolute atomic E-state index is 0.233. The van der Waals surface area contributed by atoms with E-state index in [1.54, 1.807) is 14.0 Å². The topological polar surface area (TPSA) is 54.0 Å². The molecule has 6 heteroatoms. The fourth-order valence-electron chi connectivity index (χ4n) is 0.866. The largest absolute Gasteiger partial charge is 0.462 e. The molecule has 96 valence electrons. The molecule has 5 nitrogen and oxygen atoms in total. The number of methoxy groups -OCH3 is 1. The normalized spacial score (nSPS) is 14.5.